The minimum atomic E-state index is -0.419. The minimum absolute atomic E-state index is 0. The van der Waals surface area contributed by atoms with E-state index >= 15 is 0 Å². The van der Waals surface area contributed by atoms with E-state index in [1.165, 1.54) is 35.6 Å². The Bertz CT molecular complexity index is 1580. The third kappa shape index (κ3) is 14.0. The maximum Gasteiger partial charge on any atom is 0.338 e. The van der Waals surface area contributed by atoms with Gasteiger partial charge in [-0.25, -0.2) is 14.0 Å². The standard InChI is InChI=1S/C19H21BrN2O2.C10H13BrN2.C9H9FO2.2CH4/c1-2-24-19(23)15-3-7-17(8-4-15)21-11-13-22(14-12-21)18-9-5-16(20)6-10-18;11-9-1-3-10(4-2-9)13-7-5-12-6-8-13;1-2-12-9(11)7-3-5-8(10)6-4-7;;/h3-10H,2,11-14H2,1H3;1-4,12H,5-8H2;3-6H,2H2,1H3;2*1H4. The molecule has 6 rings (SSSR count). The van der Waals surface area contributed by atoms with Crippen LogP contribution in [0.3, 0.4) is 0 Å². The Hall–Kier alpha value is -3.93. The molecule has 0 amide bonds. The summed E-state index contributed by atoms with van der Waals surface area (Å²) in [6.45, 7) is 12.6. The molecule has 0 saturated carbocycles. The van der Waals surface area contributed by atoms with Gasteiger partial charge in [-0.05, 0) is 111 Å². The molecule has 0 spiro atoms. The highest BCUT2D eigenvalue weighted by molar-refractivity contribution is 9.10. The Morgan fingerprint density at radius 3 is 1.24 bits per heavy atom. The van der Waals surface area contributed by atoms with Gasteiger partial charge in [-0.1, -0.05) is 46.7 Å². The lowest BCUT2D eigenvalue weighted by Gasteiger charge is -2.37. The molecule has 2 aliphatic heterocycles. The number of hydrogen-bond donors (Lipinski definition) is 1. The van der Waals surface area contributed by atoms with Crippen molar-refractivity contribution < 1.29 is 23.5 Å². The number of nitrogens with zero attached hydrogens (tertiary/aromatic N) is 3. The number of piperazine rings is 2. The van der Waals surface area contributed by atoms with E-state index in [1.807, 2.05) is 31.2 Å². The van der Waals surface area contributed by atoms with Crippen LogP contribution in [-0.2, 0) is 9.47 Å². The quantitative estimate of drug-likeness (QED) is 0.185. The molecule has 0 unspecified atom stereocenters. The lowest BCUT2D eigenvalue weighted by Crippen LogP contribution is -2.46. The molecule has 0 radical (unpaired) electrons. The van der Waals surface area contributed by atoms with Gasteiger partial charge in [0.2, 0.25) is 0 Å². The van der Waals surface area contributed by atoms with Gasteiger partial charge >= 0.3 is 11.9 Å². The molecule has 1 N–H and O–H groups in total. The number of rotatable bonds is 7. The van der Waals surface area contributed by atoms with Crippen LogP contribution in [0.5, 0.6) is 0 Å². The van der Waals surface area contributed by atoms with Crippen LogP contribution >= 0.6 is 31.9 Å². The Labute approximate surface area is 320 Å². The van der Waals surface area contributed by atoms with Gasteiger partial charge in [0.25, 0.3) is 0 Å². The molecule has 11 heteroatoms. The molecule has 4 aromatic rings. The first-order valence-corrected chi connectivity index (χ1v) is 18.0. The molecule has 0 bridgehead atoms. The van der Waals surface area contributed by atoms with Crippen LogP contribution in [0, 0.1) is 5.82 Å². The van der Waals surface area contributed by atoms with Crippen LogP contribution in [0.2, 0.25) is 0 Å². The molecule has 276 valence electrons. The van der Waals surface area contributed by atoms with Crippen molar-refractivity contribution in [2.75, 3.05) is 80.3 Å². The molecular weight excluding hydrogens is 779 g/mol. The minimum Gasteiger partial charge on any atom is -0.462 e. The summed E-state index contributed by atoms with van der Waals surface area (Å²) in [7, 11) is 0. The summed E-state index contributed by atoms with van der Waals surface area (Å²) in [5.41, 5.74) is 4.71. The monoisotopic (exact) mass is 828 g/mol. The third-order valence-electron chi connectivity index (χ3n) is 7.88. The van der Waals surface area contributed by atoms with Crippen LogP contribution in [0.25, 0.3) is 0 Å². The maximum absolute atomic E-state index is 12.4. The van der Waals surface area contributed by atoms with Gasteiger partial charge in [0.1, 0.15) is 5.82 Å². The zero-order chi connectivity index (χ0) is 35.0. The SMILES string of the molecule is Brc1ccc(N2CCNCC2)cc1.C.C.CCOC(=O)c1ccc(F)cc1.CCOC(=O)c1ccc(N2CCN(c3ccc(Br)cc3)CC2)cc1. The summed E-state index contributed by atoms with van der Waals surface area (Å²) in [6, 6.07) is 29.9. The number of carbonyl (C=O) groups excluding carboxylic acids is 2. The first-order chi connectivity index (χ1) is 23.8. The third-order valence-corrected chi connectivity index (χ3v) is 8.94. The molecule has 0 aromatic heterocycles. The molecule has 4 aromatic carbocycles. The number of hydrogen-bond acceptors (Lipinski definition) is 8. The normalized spacial score (nSPS) is 13.5. The van der Waals surface area contributed by atoms with Crippen molar-refractivity contribution in [2.45, 2.75) is 28.7 Å². The second-order valence-corrected chi connectivity index (χ2v) is 13.0. The van der Waals surface area contributed by atoms with E-state index in [1.54, 1.807) is 6.92 Å². The maximum atomic E-state index is 12.4. The van der Waals surface area contributed by atoms with Crippen LogP contribution in [-0.4, -0.2) is 77.5 Å². The predicted molar refractivity (Wildman–Crippen MR) is 216 cm³/mol. The van der Waals surface area contributed by atoms with Crippen molar-refractivity contribution in [3.05, 3.63) is 123 Å². The van der Waals surface area contributed by atoms with Gasteiger partial charge < -0.3 is 29.5 Å². The average molecular weight is 831 g/mol. The summed E-state index contributed by atoms with van der Waals surface area (Å²) in [4.78, 5) is 29.9. The molecule has 2 saturated heterocycles. The first kappa shape index (κ1) is 43.2. The molecule has 2 aliphatic rings. The number of benzene rings is 4. The van der Waals surface area contributed by atoms with E-state index < -0.39 is 5.97 Å². The molecule has 8 nitrogen and oxygen atoms in total. The Balaban J connectivity index is 0.000000284. The fraction of sp³-hybridized carbons (Fsp3) is 0.350. The van der Waals surface area contributed by atoms with Crippen molar-refractivity contribution in [1.82, 2.24) is 5.32 Å². The van der Waals surface area contributed by atoms with Crippen molar-refractivity contribution >= 4 is 60.9 Å². The Kier molecular flexibility index (Phi) is 19.3. The van der Waals surface area contributed by atoms with Crippen molar-refractivity contribution in [2.24, 2.45) is 0 Å². The van der Waals surface area contributed by atoms with Crippen LogP contribution < -0.4 is 20.0 Å². The zero-order valence-corrected chi connectivity index (χ0v) is 31.1. The van der Waals surface area contributed by atoms with Crippen molar-refractivity contribution in [1.29, 1.82) is 0 Å². The lowest BCUT2D eigenvalue weighted by molar-refractivity contribution is 0.0516. The molecule has 0 atom stereocenters. The Morgan fingerprint density at radius 1 is 0.569 bits per heavy atom. The number of ether oxygens (including phenoxy) is 2. The van der Waals surface area contributed by atoms with E-state index in [0.717, 1.165) is 67.0 Å². The van der Waals surface area contributed by atoms with Crippen LogP contribution in [0.1, 0.15) is 49.4 Å². The van der Waals surface area contributed by atoms with E-state index in [-0.39, 0.29) is 26.6 Å². The number of esters is 2. The van der Waals surface area contributed by atoms with Crippen molar-refractivity contribution in [3.63, 3.8) is 0 Å². The number of nitrogens with one attached hydrogen (secondary N) is 1. The lowest BCUT2D eigenvalue weighted by atomic mass is 10.1. The first-order valence-electron chi connectivity index (χ1n) is 16.4. The summed E-state index contributed by atoms with van der Waals surface area (Å²) in [6.07, 6.45) is 0. The van der Waals surface area contributed by atoms with Gasteiger partial charge in [-0.2, -0.15) is 0 Å². The highest BCUT2D eigenvalue weighted by Gasteiger charge is 2.18. The second-order valence-electron chi connectivity index (χ2n) is 11.2. The van der Waals surface area contributed by atoms with Gasteiger partial charge in [-0.3, -0.25) is 0 Å². The summed E-state index contributed by atoms with van der Waals surface area (Å²) in [5.74, 6) is -1.04. The fourth-order valence-electron chi connectivity index (χ4n) is 5.27. The van der Waals surface area contributed by atoms with Gasteiger partial charge in [0.05, 0.1) is 24.3 Å². The smallest absolute Gasteiger partial charge is 0.338 e. The van der Waals surface area contributed by atoms with E-state index in [2.05, 4.69) is 100 Å². The van der Waals surface area contributed by atoms with E-state index in [9.17, 15) is 14.0 Å². The van der Waals surface area contributed by atoms with Crippen LogP contribution in [0.4, 0.5) is 21.5 Å². The predicted octanol–water partition coefficient (Wildman–Crippen LogP) is 9.09. The summed E-state index contributed by atoms with van der Waals surface area (Å²) in [5, 5.41) is 3.34. The number of halogens is 3. The molecule has 2 fully saturated rings. The molecule has 51 heavy (non-hydrogen) atoms. The van der Waals surface area contributed by atoms with Crippen LogP contribution in [0.15, 0.2) is 106 Å². The van der Waals surface area contributed by atoms with E-state index in [0.29, 0.717) is 24.3 Å². The van der Waals surface area contributed by atoms with Gasteiger partial charge in [0, 0.05) is 78.4 Å². The average Bonchev–Trinajstić information content (AvgIpc) is 3.14. The molecular formula is C40H51Br2FN4O4. The number of carbonyl (C=O) groups is 2. The highest BCUT2D eigenvalue weighted by atomic mass is 79.9. The number of anilines is 3. The van der Waals surface area contributed by atoms with E-state index in [4.69, 9.17) is 9.47 Å². The van der Waals surface area contributed by atoms with Gasteiger partial charge in [-0.15, -0.1) is 0 Å². The summed E-state index contributed by atoms with van der Waals surface area (Å²) >= 11 is 6.91. The summed E-state index contributed by atoms with van der Waals surface area (Å²) < 4.78 is 24.4. The fourth-order valence-corrected chi connectivity index (χ4v) is 5.80. The van der Waals surface area contributed by atoms with Gasteiger partial charge in [0.15, 0.2) is 0 Å². The largest absolute Gasteiger partial charge is 0.462 e. The molecule has 0 aliphatic carbocycles. The molecule has 2 heterocycles. The Morgan fingerprint density at radius 2 is 0.882 bits per heavy atom. The van der Waals surface area contributed by atoms with Crippen molar-refractivity contribution in [3.8, 4) is 0 Å². The highest BCUT2D eigenvalue weighted by Crippen LogP contribution is 2.23. The zero-order valence-electron chi connectivity index (χ0n) is 27.9. The topological polar surface area (TPSA) is 74.3 Å². The second kappa shape index (κ2) is 22.8.